The van der Waals surface area contributed by atoms with Crippen LogP contribution >= 0.6 is 12.6 Å². The van der Waals surface area contributed by atoms with Crippen LogP contribution in [-0.4, -0.2) is 41.9 Å². The van der Waals surface area contributed by atoms with Crippen LogP contribution < -0.4 is 0 Å². The van der Waals surface area contributed by atoms with Crippen LogP contribution in [0, 0.1) is 0 Å². The summed E-state index contributed by atoms with van der Waals surface area (Å²) in [6.45, 7) is 5.45. The first kappa shape index (κ1) is 10.9. The Balaban J connectivity index is 2.54. The number of hydrogen-bond donors (Lipinski definition) is 1. The van der Waals surface area contributed by atoms with Gasteiger partial charge in [0.05, 0.1) is 24.5 Å². The molecule has 1 rings (SSSR count). The number of amides is 1. The lowest BCUT2D eigenvalue weighted by atomic mass is 10.1. The van der Waals surface area contributed by atoms with Crippen molar-refractivity contribution < 1.29 is 9.53 Å². The minimum Gasteiger partial charge on any atom is -0.374 e. The Morgan fingerprint density at radius 1 is 1.69 bits per heavy atom. The minimum absolute atomic E-state index is 0.109. The van der Waals surface area contributed by atoms with Crippen LogP contribution in [0.4, 0.5) is 0 Å². The third kappa shape index (κ3) is 2.61. The molecule has 0 bridgehead atoms. The lowest BCUT2D eigenvalue weighted by Crippen LogP contribution is -2.51. The first-order valence-corrected chi connectivity index (χ1v) is 5.34. The molecule has 0 aromatic carbocycles. The number of carbonyl (C=O) groups is 1. The third-order valence-electron chi connectivity index (χ3n) is 2.42. The molecule has 0 aromatic heterocycles. The maximum atomic E-state index is 11.4. The summed E-state index contributed by atoms with van der Waals surface area (Å²) in [5.41, 5.74) is 0. The number of ether oxygens (including phenoxy) is 1. The lowest BCUT2D eigenvalue weighted by molar-refractivity contribution is -0.141. The second-order valence-corrected chi connectivity index (χ2v) is 3.73. The number of thiol groups is 1. The van der Waals surface area contributed by atoms with Crippen molar-refractivity contribution >= 4 is 18.5 Å². The van der Waals surface area contributed by atoms with Crippen molar-refractivity contribution in [3.05, 3.63) is 0 Å². The van der Waals surface area contributed by atoms with Crippen molar-refractivity contribution in [3.8, 4) is 0 Å². The summed E-state index contributed by atoms with van der Waals surface area (Å²) < 4.78 is 5.55. The maximum absolute atomic E-state index is 11.4. The van der Waals surface area contributed by atoms with Crippen molar-refractivity contribution in [2.45, 2.75) is 32.4 Å². The Kier molecular flexibility index (Phi) is 4.06. The van der Waals surface area contributed by atoms with E-state index < -0.39 is 0 Å². The Labute approximate surface area is 84.8 Å². The molecule has 0 aliphatic carbocycles. The van der Waals surface area contributed by atoms with E-state index in [2.05, 4.69) is 19.6 Å². The highest BCUT2D eigenvalue weighted by atomic mass is 32.1. The fourth-order valence-electron chi connectivity index (χ4n) is 1.50. The van der Waals surface area contributed by atoms with E-state index in [1.54, 1.807) is 0 Å². The average molecular weight is 203 g/mol. The summed E-state index contributed by atoms with van der Waals surface area (Å²) in [5, 5.41) is 0. The van der Waals surface area contributed by atoms with E-state index in [0.717, 1.165) is 13.0 Å². The van der Waals surface area contributed by atoms with Gasteiger partial charge in [0, 0.05) is 6.54 Å². The summed E-state index contributed by atoms with van der Waals surface area (Å²) >= 11 is 3.99. The van der Waals surface area contributed by atoms with Crippen molar-refractivity contribution in [1.82, 2.24) is 4.90 Å². The number of rotatable bonds is 2. The fraction of sp³-hybridized carbons (Fsp3) is 0.889. The molecule has 0 saturated carbocycles. The van der Waals surface area contributed by atoms with Gasteiger partial charge in [0.1, 0.15) is 0 Å². The minimum atomic E-state index is 0.109. The van der Waals surface area contributed by atoms with Crippen LogP contribution in [0.3, 0.4) is 0 Å². The van der Waals surface area contributed by atoms with E-state index in [0.29, 0.717) is 12.4 Å². The highest BCUT2D eigenvalue weighted by Gasteiger charge is 2.27. The second-order valence-electron chi connectivity index (χ2n) is 3.42. The molecule has 1 amide bonds. The zero-order valence-corrected chi connectivity index (χ0v) is 9.09. The molecule has 0 radical (unpaired) electrons. The zero-order valence-electron chi connectivity index (χ0n) is 8.19. The van der Waals surface area contributed by atoms with E-state index in [1.165, 1.54) is 0 Å². The predicted molar refractivity (Wildman–Crippen MR) is 55.1 cm³/mol. The highest BCUT2D eigenvalue weighted by Crippen LogP contribution is 2.14. The summed E-state index contributed by atoms with van der Waals surface area (Å²) in [6.07, 6.45) is 1.17. The smallest absolute Gasteiger partial charge is 0.232 e. The van der Waals surface area contributed by atoms with Crippen molar-refractivity contribution in [1.29, 1.82) is 0 Å². The quantitative estimate of drug-likeness (QED) is 0.677. The van der Waals surface area contributed by atoms with Crippen molar-refractivity contribution in [2.75, 3.05) is 18.9 Å². The van der Waals surface area contributed by atoms with E-state index in [4.69, 9.17) is 4.74 Å². The summed E-state index contributed by atoms with van der Waals surface area (Å²) in [5.74, 6) is 0.401. The van der Waals surface area contributed by atoms with E-state index >= 15 is 0 Å². The molecule has 1 saturated heterocycles. The summed E-state index contributed by atoms with van der Waals surface area (Å²) in [6, 6.07) is 0.197. The molecule has 0 N–H and O–H groups in total. The van der Waals surface area contributed by atoms with Crippen LogP contribution in [0.1, 0.15) is 20.3 Å². The molecule has 1 aliphatic heterocycles. The number of morpholine rings is 1. The number of hydrogen-bond acceptors (Lipinski definition) is 3. The molecule has 76 valence electrons. The highest BCUT2D eigenvalue weighted by molar-refractivity contribution is 7.81. The van der Waals surface area contributed by atoms with Gasteiger partial charge >= 0.3 is 0 Å². The Morgan fingerprint density at radius 2 is 2.38 bits per heavy atom. The first-order chi connectivity index (χ1) is 6.19. The van der Waals surface area contributed by atoms with Crippen LogP contribution in [0.15, 0.2) is 0 Å². The molecule has 1 fully saturated rings. The van der Waals surface area contributed by atoms with Gasteiger partial charge in [0.15, 0.2) is 0 Å². The van der Waals surface area contributed by atoms with Crippen molar-refractivity contribution in [2.24, 2.45) is 0 Å². The summed E-state index contributed by atoms with van der Waals surface area (Å²) in [7, 11) is 0. The van der Waals surface area contributed by atoms with Gasteiger partial charge in [-0.15, -0.1) is 0 Å². The molecule has 0 aromatic rings. The van der Waals surface area contributed by atoms with Crippen LogP contribution in [0.25, 0.3) is 0 Å². The van der Waals surface area contributed by atoms with Gasteiger partial charge < -0.3 is 9.64 Å². The van der Waals surface area contributed by atoms with Gasteiger partial charge in [-0.3, -0.25) is 4.79 Å². The van der Waals surface area contributed by atoms with E-state index in [9.17, 15) is 4.79 Å². The molecule has 0 spiro atoms. The molecule has 4 heteroatoms. The maximum Gasteiger partial charge on any atom is 0.232 e. The molecular weight excluding hydrogens is 186 g/mol. The second kappa shape index (κ2) is 4.86. The predicted octanol–water partition coefficient (Wildman–Crippen LogP) is 0.942. The van der Waals surface area contributed by atoms with E-state index in [1.807, 2.05) is 11.8 Å². The van der Waals surface area contributed by atoms with Gasteiger partial charge in [-0.2, -0.15) is 12.6 Å². The fourth-order valence-corrected chi connectivity index (χ4v) is 1.68. The molecule has 1 aliphatic rings. The summed E-state index contributed by atoms with van der Waals surface area (Å²) in [4.78, 5) is 13.3. The molecule has 1 heterocycles. The van der Waals surface area contributed by atoms with Gasteiger partial charge in [-0.25, -0.2) is 0 Å². The Morgan fingerprint density at radius 3 is 2.92 bits per heavy atom. The molecule has 3 nitrogen and oxygen atoms in total. The topological polar surface area (TPSA) is 29.5 Å². The molecule has 13 heavy (non-hydrogen) atoms. The van der Waals surface area contributed by atoms with Gasteiger partial charge in [0.25, 0.3) is 0 Å². The Bertz CT molecular complexity index is 186. The van der Waals surface area contributed by atoms with Gasteiger partial charge in [0.2, 0.25) is 5.91 Å². The Hall–Kier alpha value is -0.220. The molecule has 2 atom stereocenters. The lowest BCUT2D eigenvalue weighted by Gasteiger charge is -2.37. The first-order valence-electron chi connectivity index (χ1n) is 4.71. The monoisotopic (exact) mass is 203 g/mol. The largest absolute Gasteiger partial charge is 0.374 e. The van der Waals surface area contributed by atoms with Crippen LogP contribution in [-0.2, 0) is 9.53 Å². The SMILES string of the molecule is CCC1CN(C(=O)CS)C(C)CO1. The normalized spacial score (nSPS) is 29.0. The number of nitrogens with zero attached hydrogens (tertiary/aromatic N) is 1. The van der Waals surface area contributed by atoms with Gasteiger partial charge in [-0.05, 0) is 13.3 Å². The van der Waals surface area contributed by atoms with Crippen LogP contribution in [0.2, 0.25) is 0 Å². The van der Waals surface area contributed by atoms with Crippen molar-refractivity contribution in [3.63, 3.8) is 0 Å². The van der Waals surface area contributed by atoms with Gasteiger partial charge in [-0.1, -0.05) is 6.92 Å². The number of carbonyl (C=O) groups excluding carboxylic acids is 1. The van der Waals surface area contributed by atoms with E-state index in [-0.39, 0.29) is 18.1 Å². The zero-order chi connectivity index (χ0) is 9.84. The standard InChI is InChI=1S/C9H17NO2S/c1-3-8-4-10(9(11)6-13)7(2)5-12-8/h7-8,13H,3-6H2,1-2H3. The molecular formula is C9H17NO2S. The third-order valence-corrected chi connectivity index (χ3v) is 2.69. The average Bonchev–Trinajstić information content (AvgIpc) is 2.17. The van der Waals surface area contributed by atoms with Crippen LogP contribution in [0.5, 0.6) is 0 Å². The molecule has 2 unspecified atom stereocenters.